The molecule has 21 heteroatoms. The second kappa shape index (κ2) is 22.4. The molecule has 0 bridgehead atoms. The Labute approximate surface area is 310 Å². The molecule has 0 spiro atoms. The van der Waals surface area contributed by atoms with Crippen molar-refractivity contribution in [2.45, 2.75) is 93.7 Å². The molecule has 7 atom stereocenters. The molecule has 11 N–H and O–H groups in total. The summed E-state index contributed by atoms with van der Waals surface area (Å²) in [5.74, 6) is -5.56. The summed E-state index contributed by atoms with van der Waals surface area (Å²) in [5.41, 5.74) is 11.4. The molecule has 0 unspecified atom stereocenters. The van der Waals surface area contributed by atoms with Crippen LogP contribution in [0.5, 0.6) is 0 Å². The third-order valence-electron chi connectivity index (χ3n) is 8.78. The zero-order valence-corrected chi connectivity index (χ0v) is 31.0. The SMILES string of the molecule is CSCC[C@H](NC(=O)[C@H](CO)NC(=O)[C@H](CO)NC(=O)[C@@H]1CCCN1C(=O)[C@H](CCC(N)=O)NC(=O)[C@@H]1CCCN1C(=O)[C@@H](N)CCSC)C(=O)O. The Morgan fingerprint density at radius 2 is 1.15 bits per heavy atom. The molecule has 7 amide bonds. The van der Waals surface area contributed by atoms with Crippen molar-refractivity contribution in [3.8, 4) is 0 Å². The molecular formula is C31H52N8O11S2. The van der Waals surface area contributed by atoms with E-state index in [0.29, 0.717) is 43.7 Å². The number of carboxylic acid groups (broad SMARTS) is 1. The number of likely N-dealkylation sites (tertiary alicyclic amines) is 2. The van der Waals surface area contributed by atoms with Gasteiger partial charge in [0.2, 0.25) is 41.4 Å². The Bertz CT molecular complexity index is 1300. The number of nitrogens with two attached hydrogens (primary N) is 2. The number of rotatable bonds is 22. The van der Waals surface area contributed by atoms with Crippen molar-refractivity contribution < 1.29 is 53.7 Å². The van der Waals surface area contributed by atoms with Crippen LogP contribution in [0.25, 0.3) is 0 Å². The van der Waals surface area contributed by atoms with Gasteiger partial charge >= 0.3 is 5.97 Å². The zero-order valence-electron chi connectivity index (χ0n) is 29.4. The van der Waals surface area contributed by atoms with Crippen molar-refractivity contribution in [3.05, 3.63) is 0 Å². The highest BCUT2D eigenvalue weighted by Gasteiger charge is 2.41. The molecule has 52 heavy (non-hydrogen) atoms. The largest absolute Gasteiger partial charge is 0.480 e. The number of aliphatic carboxylic acids is 1. The van der Waals surface area contributed by atoms with E-state index in [4.69, 9.17) is 11.5 Å². The molecule has 294 valence electrons. The van der Waals surface area contributed by atoms with Gasteiger partial charge in [-0.2, -0.15) is 23.5 Å². The van der Waals surface area contributed by atoms with E-state index in [1.54, 1.807) is 6.26 Å². The van der Waals surface area contributed by atoms with Crippen LogP contribution >= 0.6 is 23.5 Å². The van der Waals surface area contributed by atoms with Crippen LogP contribution in [0.4, 0.5) is 0 Å². The summed E-state index contributed by atoms with van der Waals surface area (Å²) in [6, 6.07) is -8.65. The fraction of sp³-hybridized carbons (Fsp3) is 0.742. The maximum atomic E-state index is 13.8. The van der Waals surface area contributed by atoms with Crippen LogP contribution in [0.3, 0.4) is 0 Å². The fourth-order valence-electron chi connectivity index (χ4n) is 5.89. The number of carboxylic acids is 1. The number of nitrogens with zero attached hydrogens (tertiary/aromatic N) is 2. The van der Waals surface area contributed by atoms with E-state index in [9.17, 15) is 53.7 Å². The number of hydrogen-bond acceptors (Lipinski definition) is 13. The van der Waals surface area contributed by atoms with Crippen molar-refractivity contribution in [2.75, 3.05) is 50.3 Å². The lowest BCUT2D eigenvalue weighted by atomic mass is 10.1. The van der Waals surface area contributed by atoms with Gasteiger partial charge < -0.3 is 57.9 Å². The molecule has 0 aromatic carbocycles. The first-order chi connectivity index (χ1) is 24.7. The van der Waals surface area contributed by atoms with E-state index in [0.717, 1.165) is 0 Å². The summed E-state index contributed by atoms with van der Waals surface area (Å²) in [6.07, 6.45) is 5.07. The summed E-state index contributed by atoms with van der Waals surface area (Å²) in [5, 5.41) is 38.5. The molecule has 19 nitrogen and oxygen atoms in total. The van der Waals surface area contributed by atoms with Crippen molar-refractivity contribution in [3.63, 3.8) is 0 Å². The molecule has 2 saturated heterocycles. The minimum atomic E-state index is -1.63. The van der Waals surface area contributed by atoms with Gasteiger partial charge in [-0.05, 0) is 69.0 Å². The Hall–Kier alpha value is -3.66. The van der Waals surface area contributed by atoms with Gasteiger partial charge in [-0.15, -0.1) is 0 Å². The predicted octanol–water partition coefficient (Wildman–Crippen LogP) is -3.92. The first-order valence-corrected chi connectivity index (χ1v) is 19.8. The Kier molecular flexibility index (Phi) is 19.2. The summed E-state index contributed by atoms with van der Waals surface area (Å²) >= 11 is 2.89. The van der Waals surface area contributed by atoms with Crippen molar-refractivity contribution in [2.24, 2.45) is 11.5 Å². The number of amides is 7. The molecule has 0 saturated carbocycles. The van der Waals surface area contributed by atoms with Gasteiger partial charge in [0.05, 0.1) is 19.3 Å². The van der Waals surface area contributed by atoms with Crippen LogP contribution in [0.1, 0.15) is 51.4 Å². The van der Waals surface area contributed by atoms with Gasteiger partial charge in [0.15, 0.2) is 0 Å². The van der Waals surface area contributed by atoms with E-state index < -0.39 is 96.9 Å². The van der Waals surface area contributed by atoms with Gasteiger partial charge in [0.25, 0.3) is 0 Å². The molecule has 2 fully saturated rings. The highest BCUT2D eigenvalue weighted by molar-refractivity contribution is 7.98. The minimum absolute atomic E-state index is 0.0826. The highest BCUT2D eigenvalue weighted by Crippen LogP contribution is 2.22. The second-order valence-electron chi connectivity index (χ2n) is 12.5. The number of carbonyl (C=O) groups excluding carboxylic acids is 7. The van der Waals surface area contributed by atoms with Gasteiger partial charge in [0.1, 0.15) is 36.3 Å². The van der Waals surface area contributed by atoms with Gasteiger partial charge in [-0.3, -0.25) is 33.6 Å². The highest BCUT2D eigenvalue weighted by atomic mass is 32.2. The van der Waals surface area contributed by atoms with Crippen LogP contribution in [-0.4, -0.2) is 165 Å². The molecule has 0 aromatic heterocycles. The molecule has 2 rings (SSSR count). The summed E-state index contributed by atoms with van der Waals surface area (Å²) in [7, 11) is 0. The standard InChI is InChI=1S/C31H52N8O11S2/c1-51-13-9-17(32)29(47)38-11-3-5-22(38)27(45)34-18(7-8-24(33)42)30(48)39-12-4-6-23(39)28(46)37-21(16-41)26(44)36-20(15-40)25(43)35-19(31(49)50)10-14-52-2/h17-23,40-41H,3-16,32H2,1-2H3,(H2,33,42)(H,34,45)(H,35,43)(H,36,44)(H,37,46)(H,49,50)/t17-,18-,19-,20-,21-,22-,23-/m0/s1. The molecule has 0 radical (unpaired) electrons. The fourth-order valence-corrected chi connectivity index (χ4v) is 6.85. The second-order valence-corrected chi connectivity index (χ2v) is 14.5. The number of primary amides is 1. The summed E-state index contributed by atoms with van der Waals surface area (Å²) < 4.78 is 0. The zero-order chi connectivity index (χ0) is 39.0. The van der Waals surface area contributed by atoms with Crippen molar-refractivity contribution in [1.29, 1.82) is 0 Å². The third kappa shape index (κ3) is 13.1. The summed E-state index contributed by atoms with van der Waals surface area (Å²) in [4.78, 5) is 105. The third-order valence-corrected chi connectivity index (χ3v) is 10.1. The van der Waals surface area contributed by atoms with E-state index in [2.05, 4.69) is 21.3 Å². The van der Waals surface area contributed by atoms with Crippen LogP contribution in [0.15, 0.2) is 0 Å². The smallest absolute Gasteiger partial charge is 0.326 e. The molecule has 2 aliphatic rings. The van der Waals surface area contributed by atoms with E-state index >= 15 is 0 Å². The normalized spacial score (nSPS) is 19.9. The Balaban J connectivity index is 2.14. The maximum Gasteiger partial charge on any atom is 0.326 e. The van der Waals surface area contributed by atoms with E-state index in [1.807, 2.05) is 6.26 Å². The topological polar surface area (TPSA) is 304 Å². The average molecular weight is 777 g/mol. The number of carbonyl (C=O) groups is 8. The quantitative estimate of drug-likeness (QED) is 0.0508. The molecule has 0 aromatic rings. The molecule has 2 heterocycles. The van der Waals surface area contributed by atoms with E-state index in [1.165, 1.54) is 33.3 Å². The molecule has 0 aliphatic carbocycles. The lowest BCUT2D eigenvalue weighted by Gasteiger charge is -2.31. The van der Waals surface area contributed by atoms with Gasteiger partial charge in [-0.1, -0.05) is 0 Å². The number of nitrogens with one attached hydrogen (secondary N) is 4. The molecule has 2 aliphatic heterocycles. The van der Waals surface area contributed by atoms with Crippen LogP contribution < -0.4 is 32.7 Å². The van der Waals surface area contributed by atoms with Crippen LogP contribution in [0, 0.1) is 0 Å². The van der Waals surface area contributed by atoms with Gasteiger partial charge in [-0.25, -0.2) is 4.79 Å². The van der Waals surface area contributed by atoms with Gasteiger partial charge in [0, 0.05) is 19.5 Å². The Morgan fingerprint density at radius 3 is 1.63 bits per heavy atom. The number of aliphatic hydroxyl groups excluding tert-OH is 2. The first-order valence-electron chi connectivity index (χ1n) is 17.0. The van der Waals surface area contributed by atoms with E-state index in [-0.39, 0.29) is 38.1 Å². The first kappa shape index (κ1) is 44.5. The summed E-state index contributed by atoms with van der Waals surface area (Å²) in [6.45, 7) is -1.46. The monoisotopic (exact) mass is 776 g/mol. The Morgan fingerprint density at radius 1 is 0.692 bits per heavy atom. The van der Waals surface area contributed by atoms with Crippen molar-refractivity contribution in [1.82, 2.24) is 31.1 Å². The predicted molar refractivity (Wildman–Crippen MR) is 191 cm³/mol. The lowest BCUT2D eigenvalue weighted by Crippen LogP contribution is -2.60. The average Bonchev–Trinajstić information content (AvgIpc) is 3.82. The van der Waals surface area contributed by atoms with Crippen LogP contribution in [0.2, 0.25) is 0 Å². The number of hydrogen-bond donors (Lipinski definition) is 9. The minimum Gasteiger partial charge on any atom is -0.480 e. The molecular weight excluding hydrogens is 725 g/mol. The lowest BCUT2D eigenvalue weighted by molar-refractivity contribution is -0.144. The maximum absolute atomic E-state index is 13.8. The number of thioether (sulfide) groups is 2. The number of aliphatic hydroxyl groups is 2. The van der Waals surface area contributed by atoms with Crippen LogP contribution in [-0.2, 0) is 38.4 Å². The van der Waals surface area contributed by atoms with Crippen molar-refractivity contribution >= 4 is 70.8 Å².